The molecule has 0 amide bonds. The molecule has 96 valence electrons. The van der Waals surface area contributed by atoms with E-state index in [4.69, 9.17) is 10.8 Å². The highest BCUT2D eigenvalue weighted by atomic mass is 79.9. The summed E-state index contributed by atoms with van der Waals surface area (Å²) in [6.07, 6.45) is -4.47. The first-order valence-electron chi connectivity index (χ1n) is 4.74. The van der Waals surface area contributed by atoms with E-state index in [0.29, 0.717) is 10.0 Å². The fraction of sp³-hybridized carbons (Fsp3) is 0.400. The summed E-state index contributed by atoms with van der Waals surface area (Å²) in [5.74, 6) is -0.338. The van der Waals surface area contributed by atoms with Crippen LogP contribution in [0.2, 0.25) is 0 Å². The summed E-state index contributed by atoms with van der Waals surface area (Å²) in [6, 6.07) is 3.46. The molecular formula is C10H11BrF3NO2. The molecule has 1 aromatic carbocycles. The third kappa shape index (κ3) is 4.93. The van der Waals surface area contributed by atoms with Gasteiger partial charge in [0.1, 0.15) is 5.75 Å². The zero-order valence-corrected chi connectivity index (χ0v) is 10.3. The third-order valence-electron chi connectivity index (χ3n) is 2.00. The molecule has 7 heteroatoms. The zero-order chi connectivity index (χ0) is 13.1. The van der Waals surface area contributed by atoms with Crippen LogP contribution in [-0.4, -0.2) is 18.1 Å². The van der Waals surface area contributed by atoms with Crippen molar-refractivity contribution in [3.8, 4) is 5.75 Å². The van der Waals surface area contributed by atoms with Crippen LogP contribution in [0.5, 0.6) is 5.75 Å². The third-order valence-corrected chi connectivity index (χ3v) is 2.45. The lowest BCUT2D eigenvalue weighted by molar-refractivity contribution is -0.274. The number of benzene rings is 1. The van der Waals surface area contributed by atoms with E-state index >= 15 is 0 Å². The standard InChI is InChI=1S/C10H11BrF3NO2/c11-7-3-6(9(15)1-2-16)4-8(5-7)17-10(12,13)14/h3-5,9,16H,1-2,15H2/t9-/m1/s1. The van der Waals surface area contributed by atoms with Gasteiger partial charge >= 0.3 is 6.36 Å². The number of hydrogen-bond donors (Lipinski definition) is 2. The van der Waals surface area contributed by atoms with Crippen LogP contribution in [0.15, 0.2) is 22.7 Å². The lowest BCUT2D eigenvalue weighted by atomic mass is 10.1. The van der Waals surface area contributed by atoms with Crippen molar-refractivity contribution in [2.45, 2.75) is 18.8 Å². The van der Waals surface area contributed by atoms with Crippen molar-refractivity contribution in [3.63, 3.8) is 0 Å². The van der Waals surface area contributed by atoms with Crippen LogP contribution in [0.3, 0.4) is 0 Å². The second kappa shape index (κ2) is 5.70. The van der Waals surface area contributed by atoms with Gasteiger partial charge in [0.05, 0.1) is 0 Å². The zero-order valence-electron chi connectivity index (χ0n) is 8.67. The lowest BCUT2D eigenvalue weighted by Gasteiger charge is -2.14. The van der Waals surface area contributed by atoms with Crippen molar-refractivity contribution in [1.29, 1.82) is 0 Å². The van der Waals surface area contributed by atoms with E-state index in [2.05, 4.69) is 20.7 Å². The number of ether oxygens (including phenoxy) is 1. The van der Waals surface area contributed by atoms with Gasteiger partial charge in [-0.3, -0.25) is 0 Å². The molecule has 1 aromatic rings. The second-order valence-electron chi connectivity index (χ2n) is 3.39. The molecule has 3 N–H and O–H groups in total. The van der Waals surface area contributed by atoms with Gasteiger partial charge in [-0.2, -0.15) is 0 Å². The molecule has 0 aliphatic rings. The molecule has 1 rings (SSSR count). The molecule has 0 bridgehead atoms. The van der Waals surface area contributed by atoms with Gasteiger partial charge in [-0.25, -0.2) is 0 Å². The first kappa shape index (κ1) is 14.3. The van der Waals surface area contributed by atoms with E-state index in [1.54, 1.807) is 6.07 Å². The maximum absolute atomic E-state index is 12.0. The van der Waals surface area contributed by atoms with Crippen LogP contribution in [0, 0.1) is 0 Å². The van der Waals surface area contributed by atoms with E-state index in [-0.39, 0.29) is 18.8 Å². The minimum atomic E-state index is -4.74. The fourth-order valence-corrected chi connectivity index (χ4v) is 1.79. The van der Waals surface area contributed by atoms with Gasteiger partial charge in [-0.05, 0) is 30.2 Å². The summed E-state index contributed by atoms with van der Waals surface area (Å²) in [5.41, 5.74) is 6.15. The molecule has 1 atom stereocenters. The molecule has 0 saturated heterocycles. The normalized spacial score (nSPS) is 13.5. The van der Waals surface area contributed by atoms with Crippen molar-refractivity contribution >= 4 is 15.9 Å². The first-order chi connectivity index (χ1) is 7.81. The predicted molar refractivity (Wildman–Crippen MR) is 59.5 cm³/mol. The summed E-state index contributed by atoms with van der Waals surface area (Å²) >= 11 is 3.07. The van der Waals surface area contributed by atoms with Crippen molar-refractivity contribution in [1.82, 2.24) is 0 Å². The summed E-state index contributed by atoms with van der Waals surface area (Å²) in [4.78, 5) is 0. The number of hydrogen-bond acceptors (Lipinski definition) is 3. The molecule has 0 radical (unpaired) electrons. The molecule has 0 aliphatic heterocycles. The van der Waals surface area contributed by atoms with Crippen LogP contribution in [-0.2, 0) is 0 Å². The molecule has 0 heterocycles. The Kier molecular flexibility index (Phi) is 4.79. The summed E-state index contributed by atoms with van der Waals surface area (Å²) in [6.45, 7) is -0.136. The molecule has 0 spiro atoms. The molecule has 0 unspecified atom stereocenters. The molecular weight excluding hydrogens is 303 g/mol. The summed E-state index contributed by atoms with van der Waals surface area (Å²) in [5, 5.41) is 8.72. The number of aliphatic hydroxyl groups is 1. The van der Waals surface area contributed by atoms with Crippen LogP contribution in [0.1, 0.15) is 18.0 Å². The largest absolute Gasteiger partial charge is 0.573 e. The highest BCUT2D eigenvalue weighted by molar-refractivity contribution is 9.10. The van der Waals surface area contributed by atoms with Crippen LogP contribution in [0.4, 0.5) is 13.2 Å². The van der Waals surface area contributed by atoms with Crippen molar-refractivity contribution in [2.75, 3.05) is 6.61 Å². The van der Waals surface area contributed by atoms with Gasteiger partial charge < -0.3 is 15.6 Å². The molecule has 0 saturated carbocycles. The number of alkyl halides is 3. The lowest BCUT2D eigenvalue weighted by Crippen LogP contribution is -2.18. The van der Waals surface area contributed by atoms with E-state index in [0.717, 1.165) is 0 Å². The number of aliphatic hydroxyl groups excluding tert-OH is 1. The fourth-order valence-electron chi connectivity index (χ4n) is 1.30. The molecule has 17 heavy (non-hydrogen) atoms. The highest BCUT2D eigenvalue weighted by Gasteiger charge is 2.31. The van der Waals surface area contributed by atoms with E-state index < -0.39 is 12.4 Å². The Balaban J connectivity index is 2.94. The smallest absolute Gasteiger partial charge is 0.406 e. The van der Waals surface area contributed by atoms with Crippen LogP contribution >= 0.6 is 15.9 Å². The van der Waals surface area contributed by atoms with Crippen molar-refractivity contribution in [3.05, 3.63) is 28.2 Å². The van der Waals surface area contributed by atoms with Crippen molar-refractivity contribution < 1.29 is 23.0 Å². The maximum atomic E-state index is 12.0. The van der Waals surface area contributed by atoms with Crippen LogP contribution < -0.4 is 10.5 Å². The Morgan fingerprint density at radius 3 is 2.53 bits per heavy atom. The Morgan fingerprint density at radius 1 is 1.35 bits per heavy atom. The predicted octanol–water partition coefficient (Wildman–Crippen LogP) is 2.73. The Hall–Kier alpha value is -0.790. The average molecular weight is 314 g/mol. The molecule has 0 aromatic heterocycles. The SMILES string of the molecule is N[C@H](CCO)c1cc(Br)cc(OC(F)(F)F)c1. The monoisotopic (exact) mass is 313 g/mol. The molecule has 0 fully saturated rings. The minimum absolute atomic E-state index is 0.136. The van der Waals surface area contributed by atoms with Crippen molar-refractivity contribution in [2.24, 2.45) is 5.73 Å². The molecule has 3 nitrogen and oxygen atoms in total. The Morgan fingerprint density at radius 2 is 2.00 bits per heavy atom. The van der Waals surface area contributed by atoms with Crippen LogP contribution in [0.25, 0.3) is 0 Å². The quantitative estimate of drug-likeness (QED) is 0.898. The Bertz CT molecular complexity index is 384. The van der Waals surface area contributed by atoms with Gasteiger partial charge in [0.25, 0.3) is 0 Å². The van der Waals surface area contributed by atoms with E-state index in [9.17, 15) is 13.2 Å². The minimum Gasteiger partial charge on any atom is -0.406 e. The van der Waals surface area contributed by atoms with E-state index in [1.165, 1.54) is 12.1 Å². The van der Waals surface area contributed by atoms with Gasteiger partial charge in [0, 0.05) is 17.1 Å². The highest BCUT2D eigenvalue weighted by Crippen LogP contribution is 2.29. The van der Waals surface area contributed by atoms with Gasteiger partial charge in [0.15, 0.2) is 0 Å². The van der Waals surface area contributed by atoms with E-state index in [1.807, 2.05) is 0 Å². The summed E-state index contributed by atoms with van der Waals surface area (Å²) < 4.78 is 40.4. The number of nitrogens with two attached hydrogens (primary N) is 1. The topological polar surface area (TPSA) is 55.5 Å². The average Bonchev–Trinajstić information content (AvgIpc) is 2.14. The summed E-state index contributed by atoms with van der Waals surface area (Å²) in [7, 11) is 0. The first-order valence-corrected chi connectivity index (χ1v) is 5.54. The number of rotatable bonds is 4. The Labute approximate surface area is 105 Å². The number of halogens is 4. The van der Waals surface area contributed by atoms with Gasteiger partial charge in [-0.1, -0.05) is 15.9 Å². The second-order valence-corrected chi connectivity index (χ2v) is 4.30. The van der Waals surface area contributed by atoms with Gasteiger partial charge in [-0.15, -0.1) is 13.2 Å². The van der Waals surface area contributed by atoms with Gasteiger partial charge in [0.2, 0.25) is 0 Å². The molecule has 0 aliphatic carbocycles. The maximum Gasteiger partial charge on any atom is 0.573 e.